The Morgan fingerprint density at radius 1 is 1.07 bits per heavy atom. The maximum absolute atomic E-state index is 11.9. The molecule has 7 heteroatoms. The number of carbonyl (C=O) groups is 2. The molecule has 0 saturated carbocycles. The molecule has 0 aliphatic heterocycles. The molecular formula is C21H25ClN2O4. The first-order chi connectivity index (χ1) is 13.5. The van der Waals surface area contributed by atoms with Crippen molar-refractivity contribution in [3.05, 3.63) is 58.6 Å². The lowest BCUT2D eigenvalue weighted by Crippen LogP contribution is -2.29. The minimum Gasteiger partial charge on any atom is -0.508 e. The van der Waals surface area contributed by atoms with Gasteiger partial charge in [-0.25, -0.2) is 0 Å². The number of rotatable bonds is 10. The van der Waals surface area contributed by atoms with Crippen LogP contribution in [0.1, 0.15) is 35.2 Å². The number of ether oxygens (including phenoxy) is 1. The van der Waals surface area contributed by atoms with Crippen molar-refractivity contribution in [3.8, 4) is 11.5 Å². The Balaban J connectivity index is 1.53. The zero-order valence-corrected chi connectivity index (χ0v) is 16.6. The number of hydrogen-bond acceptors (Lipinski definition) is 4. The van der Waals surface area contributed by atoms with Gasteiger partial charge < -0.3 is 20.5 Å². The fourth-order valence-corrected chi connectivity index (χ4v) is 2.60. The molecule has 0 aliphatic rings. The van der Waals surface area contributed by atoms with Crippen LogP contribution in [0, 0.1) is 6.92 Å². The Kier molecular flexibility index (Phi) is 8.62. The number of aryl methyl sites for hydroxylation is 1. The van der Waals surface area contributed by atoms with Crippen LogP contribution in [0.15, 0.2) is 42.5 Å². The largest absolute Gasteiger partial charge is 0.508 e. The zero-order chi connectivity index (χ0) is 20.4. The Morgan fingerprint density at radius 2 is 1.86 bits per heavy atom. The molecule has 0 heterocycles. The summed E-state index contributed by atoms with van der Waals surface area (Å²) < 4.78 is 5.61. The highest BCUT2D eigenvalue weighted by molar-refractivity contribution is 6.31. The van der Waals surface area contributed by atoms with E-state index >= 15 is 0 Å². The van der Waals surface area contributed by atoms with Crippen molar-refractivity contribution >= 4 is 23.4 Å². The van der Waals surface area contributed by atoms with Gasteiger partial charge in [0.25, 0.3) is 5.91 Å². The van der Waals surface area contributed by atoms with E-state index in [-0.39, 0.29) is 17.6 Å². The number of benzene rings is 2. The number of nitrogens with one attached hydrogen (secondary N) is 2. The summed E-state index contributed by atoms with van der Waals surface area (Å²) in [6, 6.07) is 11.6. The average molecular weight is 405 g/mol. The monoisotopic (exact) mass is 404 g/mol. The molecule has 3 N–H and O–H groups in total. The highest BCUT2D eigenvalue weighted by Gasteiger charge is 2.06. The van der Waals surface area contributed by atoms with Crippen LogP contribution in [0.3, 0.4) is 0 Å². The second-order valence-corrected chi connectivity index (χ2v) is 6.78. The molecule has 2 rings (SSSR count). The highest BCUT2D eigenvalue weighted by atomic mass is 35.5. The van der Waals surface area contributed by atoms with Gasteiger partial charge in [0.2, 0.25) is 5.91 Å². The maximum atomic E-state index is 11.9. The predicted molar refractivity (Wildman–Crippen MR) is 109 cm³/mol. The fourth-order valence-electron chi connectivity index (χ4n) is 2.49. The van der Waals surface area contributed by atoms with E-state index in [1.165, 1.54) is 12.1 Å². The molecule has 2 aromatic rings. The number of carbonyl (C=O) groups excluding carboxylic acids is 2. The van der Waals surface area contributed by atoms with Gasteiger partial charge in [-0.05, 0) is 61.7 Å². The van der Waals surface area contributed by atoms with Crippen LogP contribution in [0.2, 0.25) is 5.02 Å². The first-order valence-electron chi connectivity index (χ1n) is 9.18. The predicted octanol–water partition coefficient (Wildman–Crippen LogP) is 3.45. The molecule has 150 valence electrons. The standard InChI is InChI=1S/C21H25ClN2O4/c1-15-13-18(8-9-19(15)22)28-12-3-7-20(26)23-10-4-11-24-21(27)16-5-2-6-17(25)14-16/h2,5-6,8-9,13-14,25H,3-4,7,10-12H2,1H3,(H,23,26)(H,24,27). The fraction of sp³-hybridized carbons (Fsp3) is 0.333. The van der Waals surface area contributed by atoms with Crippen molar-refractivity contribution < 1.29 is 19.4 Å². The molecule has 0 fully saturated rings. The summed E-state index contributed by atoms with van der Waals surface area (Å²) in [5.41, 5.74) is 1.35. The molecule has 2 amide bonds. The van der Waals surface area contributed by atoms with Gasteiger partial charge in [0.15, 0.2) is 0 Å². The molecule has 2 aromatic carbocycles. The molecule has 0 atom stereocenters. The topological polar surface area (TPSA) is 87.7 Å². The van der Waals surface area contributed by atoms with Crippen molar-refractivity contribution in [1.82, 2.24) is 10.6 Å². The van der Waals surface area contributed by atoms with Crippen LogP contribution in [0.25, 0.3) is 0 Å². The lowest BCUT2D eigenvalue weighted by molar-refractivity contribution is -0.121. The quantitative estimate of drug-likeness (QED) is 0.529. The second kappa shape index (κ2) is 11.2. The number of amides is 2. The van der Waals surface area contributed by atoms with E-state index in [0.717, 1.165) is 11.3 Å². The average Bonchev–Trinajstić information content (AvgIpc) is 2.67. The van der Waals surface area contributed by atoms with Crippen molar-refractivity contribution in [2.45, 2.75) is 26.2 Å². The first kappa shape index (κ1) is 21.6. The minimum absolute atomic E-state index is 0.0461. The summed E-state index contributed by atoms with van der Waals surface area (Å²) in [5, 5.41) is 15.6. The Hall–Kier alpha value is -2.73. The Morgan fingerprint density at radius 3 is 2.61 bits per heavy atom. The molecule has 0 bridgehead atoms. The first-order valence-corrected chi connectivity index (χ1v) is 9.56. The third-order valence-corrected chi connectivity index (χ3v) is 4.44. The van der Waals surface area contributed by atoms with Gasteiger partial charge in [-0.2, -0.15) is 0 Å². The summed E-state index contributed by atoms with van der Waals surface area (Å²) in [7, 11) is 0. The van der Waals surface area contributed by atoms with E-state index in [2.05, 4.69) is 10.6 Å². The number of phenols is 1. The summed E-state index contributed by atoms with van der Waals surface area (Å²) in [6.07, 6.45) is 1.61. The summed E-state index contributed by atoms with van der Waals surface area (Å²) in [6.45, 7) is 3.29. The third kappa shape index (κ3) is 7.48. The molecule has 0 aromatic heterocycles. The molecule has 0 saturated heterocycles. The number of halogens is 1. The van der Waals surface area contributed by atoms with Gasteiger partial charge in [-0.1, -0.05) is 17.7 Å². The molecular weight excluding hydrogens is 380 g/mol. The van der Waals surface area contributed by atoms with E-state index < -0.39 is 0 Å². The van der Waals surface area contributed by atoms with Crippen LogP contribution in [0.4, 0.5) is 0 Å². The summed E-state index contributed by atoms with van der Waals surface area (Å²) in [5.74, 6) is 0.492. The van der Waals surface area contributed by atoms with E-state index in [0.29, 0.717) is 49.5 Å². The van der Waals surface area contributed by atoms with Gasteiger partial charge >= 0.3 is 0 Å². The highest BCUT2D eigenvalue weighted by Crippen LogP contribution is 2.21. The van der Waals surface area contributed by atoms with Gasteiger partial charge in [-0.15, -0.1) is 0 Å². The molecule has 28 heavy (non-hydrogen) atoms. The molecule has 0 spiro atoms. The minimum atomic E-state index is -0.253. The maximum Gasteiger partial charge on any atom is 0.251 e. The smallest absolute Gasteiger partial charge is 0.251 e. The van der Waals surface area contributed by atoms with Crippen LogP contribution < -0.4 is 15.4 Å². The molecule has 6 nitrogen and oxygen atoms in total. The molecule has 0 aliphatic carbocycles. The number of aromatic hydroxyl groups is 1. The Labute approximate surface area is 169 Å². The molecule has 0 radical (unpaired) electrons. The van der Waals surface area contributed by atoms with E-state index in [4.69, 9.17) is 16.3 Å². The summed E-state index contributed by atoms with van der Waals surface area (Å²) >= 11 is 5.97. The van der Waals surface area contributed by atoms with E-state index in [1.807, 2.05) is 13.0 Å². The lowest BCUT2D eigenvalue weighted by Gasteiger charge is -2.09. The molecule has 0 unspecified atom stereocenters. The lowest BCUT2D eigenvalue weighted by atomic mass is 10.2. The van der Waals surface area contributed by atoms with Crippen molar-refractivity contribution in [2.75, 3.05) is 19.7 Å². The van der Waals surface area contributed by atoms with Crippen molar-refractivity contribution in [2.24, 2.45) is 0 Å². The SMILES string of the molecule is Cc1cc(OCCCC(=O)NCCCNC(=O)c2cccc(O)c2)ccc1Cl. The van der Waals surface area contributed by atoms with Gasteiger partial charge in [-0.3, -0.25) is 9.59 Å². The number of hydrogen-bond donors (Lipinski definition) is 3. The van der Waals surface area contributed by atoms with Gasteiger partial charge in [0, 0.05) is 30.1 Å². The summed E-state index contributed by atoms with van der Waals surface area (Å²) in [4.78, 5) is 23.7. The van der Waals surface area contributed by atoms with Crippen molar-refractivity contribution in [3.63, 3.8) is 0 Å². The van der Waals surface area contributed by atoms with Gasteiger partial charge in [0.05, 0.1) is 6.61 Å². The number of phenolic OH excluding ortho intramolecular Hbond substituents is 1. The Bertz CT molecular complexity index is 811. The van der Waals surface area contributed by atoms with Crippen molar-refractivity contribution in [1.29, 1.82) is 0 Å². The normalized spacial score (nSPS) is 10.4. The van der Waals surface area contributed by atoms with Gasteiger partial charge in [0.1, 0.15) is 11.5 Å². The van der Waals surface area contributed by atoms with Crippen LogP contribution in [-0.2, 0) is 4.79 Å². The third-order valence-electron chi connectivity index (χ3n) is 4.02. The van der Waals surface area contributed by atoms with Crippen LogP contribution in [-0.4, -0.2) is 36.6 Å². The van der Waals surface area contributed by atoms with E-state index in [1.54, 1.807) is 24.3 Å². The van der Waals surface area contributed by atoms with Crippen LogP contribution in [0.5, 0.6) is 11.5 Å². The second-order valence-electron chi connectivity index (χ2n) is 6.37. The van der Waals surface area contributed by atoms with Crippen LogP contribution >= 0.6 is 11.6 Å². The zero-order valence-electron chi connectivity index (χ0n) is 15.8. The van der Waals surface area contributed by atoms with E-state index in [9.17, 15) is 14.7 Å².